The SMILES string of the molecule is Cc1cc2ncc3nnn(Cc4ccc(S(N)(=O)=O)cn4)c3c2cc1C. The molecule has 26 heavy (non-hydrogen) atoms. The molecular formula is C17H16N6O2S. The number of hydrogen-bond donors (Lipinski definition) is 1. The molecule has 0 saturated heterocycles. The van der Waals surface area contributed by atoms with Crippen LogP contribution in [0.5, 0.6) is 0 Å². The Balaban J connectivity index is 1.82. The highest BCUT2D eigenvalue weighted by atomic mass is 32.2. The van der Waals surface area contributed by atoms with Crippen molar-refractivity contribution in [1.29, 1.82) is 0 Å². The molecule has 0 saturated carbocycles. The Hall–Kier alpha value is -2.91. The van der Waals surface area contributed by atoms with Gasteiger partial charge in [0.05, 0.1) is 24.0 Å². The van der Waals surface area contributed by atoms with Crippen molar-refractivity contribution in [1.82, 2.24) is 25.0 Å². The monoisotopic (exact) mass is 368 g/mol. The highest BCUT2D eigenvalue weighted by Gasteiger charge is 2.13. The molecule has 0 bridgehead atoms. The van der Waals surface area contributed by atoms with Crippen LogP contribution in [-0.2, 0) is 16.6 Å². The minimum atomic E-state index is -3.76. The highest BCUT2D eigenvalue weighted by Crippen LogP contribution is 2.25. The first-order valence-electron chi connectivity index (χ1n) is 7.90. The number of pyridine rings is 2. The van der Waals surface area contributed by atoms with E-state index in [0.29, 0.717) is 17.8 Å². The molecule has 1 aromatic carbocycles. The lowest BCUT2D eigenvalue weighted by Gasteiger charge is -2.07. The van der Waals surface area contributed by atoms with Crippen molar-refractivity contribution in [3.63, 3.8) is 0 Å². The number of sulfonamides is 1. The normalized spacial score (nSPS) is 12.1. The van der Waals surface area contributed by atoms with E-state index in [1.165, 1.54) is 17.8 Å². The molecule has 0 atom stereocenters. The Morgan fingerprint density at radius 3 is 2.50 bits per heavy atom. The van der Waals surface area contributed by atoms with Crippen LogP contribution < -0.4 is 5.14 Å². The smallest absolute Gasteiger partial charge is 0.239 e. The molecule has 132 valence electrons. The van der Waals surface area contributed by atoms with E-state index in [0.717, 1.165) is 22.0 Å². The Morgan fingerprint density at radius 1 is 1.04 bits per heavy atom. The van der Waals surface area contributed by atoms with Crippen LogP contribution in [0.3, 0.4) is 0 Å². The Labute approximate surface area is 149 Å². The summed E-state index contributed by atoms with van der Waals surface area (Å²) in [6, 6.07) is 7.17. The van der Waals surface area contributed by atoms with E-state index in [1.807, 2.05) is 13.0 Å². The third-order valence-corrected chi connectivity index (χ3v) is 5.29. The van der Waals surface area contributed by atoms with E-state index in [1.54, 1.807) is 16.9 Å². The Kier molecular flexibility index (Phi) is 3.70. The lowest BCUT2D eigenvalue weighted by Crippen LogP contribution is -2.13. The Morgan fingerprint density at radius 2 is 1.81 bits per heavy atom. The maximum atomic E-state index is 11.3. The van der Waals surface area contributed by atoms with Crippen LogP contribution in [0.1, 0.15) is 16.8 Å². The standard InChI is InChI=1S/C17H16N6O2S/c1-10-5-14-15(6-11(10)2)20-8-16-17(14)23(22-21-16)9-12-3-4-13(7-19-12)26(18,24)25/h3-8H,9H2,1-2H3,(H2,18,24,25). The molecule has 4 rings (SSSR count). The number of nitrogens with two attached hydrogens (primary N) is 1. The van der Waals surface area contributed by atoms with Crippen LogP contribution in [0, 0.1) is 13.8 Å². The first-order chi connectivity index (χ1) is 12.3. The summed E-state index contributed by atoms with van der Waals surface area (Å²) in [5, 5.41) is 14.5. The summed E-state index contributed by atoms with van der Waals surface area (Å²) in [6.45, 7) is 4.45. The average Bonchev–Trinajstić information content (AvgIpc) is 2.99. The van der Waals surface area contributed by atoms with Gasteiger partial charge in [0.1, 0.15) is 15.9 Å². The van der Waals surface area contributed by atoms with Crippen molar-refractivity contribution in [2.24, 2.45) is 5.14 Å². The van der Waals surface area contributed by atoms with Gasteiger partial charge >= 0.3 is 0 Å². The van der Waals surface area contributed by atoms with E-state index in [2.05, 4.69) is 33.3 Å². The van der Waals surface area contributed by atoms with Gasteiger partial charge < -0.3 is 0 Å². The summed E-state index contributed by atoms with van der Waals surface area (Å²) in [4.78, 5) is 8.61. The van der Waals surface area contributed by atoms with Crippen LogP contribution in [0.25, 0.3) is 21.9 Å². The number of fused-ring (bicyclic) bond motifs is 3. The van der Waals surface area contributed by atoms with Gasteiger partial charge in [0, 0.05) is 11.6 Å². The third kappa shape index (κ3) is 2.80. The third-order valence-electron chi connectivity index (χ3n) is 4.39. The van der Waals surface area contributed by atoms with Gasteiger partial charge in [-0.3, -0.25) is 9.97 Å². The van der Waals surface area contributed by atoms with Crippen LogP contribution in [0.4, 0.5) is 0 Å². The first kappa shape index (κ1) is 16.6. The zero-order valence-corrected chi connectivity index (χ0v) is 15.0. The van der Waals surface area contributed by atoms with Gasteiger partial charge in [0.25, 0.3) is 0 Å². The predicted octanol–water partition coefficient (Wildman–Crippen LogP) is 1.69. The van der Waals surface area contributed by atoms with Crippen molar-refractivity contribution in [2.45, 2.75) is 25.3 Å². The molecule has 4 aromatic rings. The lowest BCUT2D eigenvalue weighted by molar-refractivity contribution is 0.597. The van der Waals surface area contributed by atoms with Crippen LogP contribution in [0.2, 0.25) is 0 Å². The predicted molar refractivity (Wildman–Crippen MR) is 97.0 cm³/mol. The molecule has 9 heteroatoms. The zero-order chi connectivity index (χ0) is 18.5. The van der Waals surface area contributed by atoms with E-state index in [9.17, 15) is 8.42 Å². The fourth-order valence-electron chi connectivity index (χ4n) is 2.86. The maximum absolute atomic E-state index is 11.3. The number of aryl methyl sites for hydroxylation is 2. The van der Waals surface area contributed by atoms with Crippen LogP contribution >= 0.6 is 0 Å². The second kappa shape index (κ2) is 5.82. The zero-order valence-electron chi connectivity index (χ0n) is 14.2. The second-order valence-corrected chi connectivity index (χ2v) is 7.78. The molecule has 0 unspecified atom stereocenters. The Bertz CT molecular complexity index is 1250. The van der Waals surface area contributed by atoms with E-state index < -0.39 is 10.0 Å². The van der Waals surface area contributed by atoms with Gasteiger partial charge in [-0.05, 0) is 49.2 Å². The molecule has 8 nitrogen and oxygen atoms in total. The minimum Gasteiger partial charge on any atom is -0.258 e. The molecule has 3 aromatic heterocycles. The van der Waals surface area contributed by atoms with E-state index >= 15 is 0 Å². The van der Waals surface area contributed by atoms with Crippen LogP contribution in [-0.4, -0.2) is 33.4 Å². The highest BCUT2D eigenvalue weighted by molar-refractivity contribution is 7.89. The molecule has 0 fully saturated rings. The largest absolute Gasteiger partial charge is 0.258 e. The lowest BCUT2D eigenvalue weighted by atomic mass is 10.1. The fourth-order valence-corrected chi connectivity index (χ4v) is 3.31. The minimum absolute atomic E-state index is 0.0227. The topological polar surface area (TPSA) is 117 Å². The van der Waals surface area contributed by atoms with Gasteiger partial charge in [0.15, 0.2) is 0 Å². The van der Waals surface area contributed by atoms with Gasteiger partial charge in [-0.25, -0.2) is 18.2 Å². The molecule has 0 aliphatic carbocycles. The summed E-state index contributed by atoms with van der Waals surface area (Å²) in [5.74, 6) is 0. The summed E-state index contributed by atoms with van der Waals surface area (Å²) in [6.07, 6.45) is 2.95. The molecule has 0 spiro atoms. The van der Waals surface area contributed by atoms with Crippen molar-refractivity contribution >= 4 is 32.0 Å². The summed E-state index contributed by atoms with van der Waals surface area (Å²) >= 11 is 0. The van der Waals surface area contributed by atoms with Gasteiger partial charge in [-0.2, -0.15) is 0 Å². The number of nitrogens with zero attached hydrogens (tertiary/aromatic N) is 5. The number of rotatable bonds is 3. The summed E-state index contributed by atoms with van der Waals surface area (Å²) in [5.41, 5.74) is 5.43. The van der Waals surface area contributed by atoms with Gasteiger partial charge in [0.2, 0.25) is 10.0 Å². The molecule has 3 heterocycles. The van der Waals surface area contributed by atoms with E-state index in [4.69, 9.17) is 5.14 Å². The molecule has 0 radical (unpaired) electrons. The number of primary sulfonamides is 1. The van der Waals surface area contributed by atoms with Crippen LogP contribution in [0.15, 0.2) is 41.6 Å². The van der Waals surface area contributed by atoms with Crippen molar-refractivity contribution in [3.05, 3.63) is 53.5 Å². The molecular weight excluding hydrogens is 352 g/mol. The molecule has 2 N–H and O–H groups in total. The van der Waals surface area contributed by atoms with Gasteiger partial charge in [-0.15, -0.1) is 5.10 Å². The molecule has 0 aliphatic heterocycles. The number of hydrogen-bond acceptors (Lipinski definition) is 6. The second-order valence-electron chi connectivity index (χ2n) is 6.22. The maximum Gasteiger partial charge on any atom is 0.239 e. The van der Waals surface area contributed by atoms with Crippen molar-refractivity contribution < 1.29 is 8.42 Å². The number of aromatic nitrogens is 5. The van der Waals surface area contributed by atoms with Gasteiger partial charge in [-0.1, -0.05) is 5.21 Å². The summed E-state index contributed by atoms with van der Waals surface area (Å²) in [7, 11) is -3.76. The van der Waals surface area contributed by atoms with E-state index in [-0.39, 0.29) is 4.90 Å². The fraction of sp³-hybridized carbons (Fsp3) is 0.176. The van der Waals surface area contributed by atoms with Crippen molar-refractivity contribution in [2.75, 3.05) is 0 Å². The summed E-state index contributed by atoms with van der Waals surface area (Å²) < 4.78 is 24.4. The van der Waals surface area contributed by atoms with Crippen molar-refractivity contribution in [3.8, 4) is 0 Å². The molecule has 0 aliphatic rings. The quantitative estimate of drug-likeness (QED) is 0.588. The number of benzene rings is 1. The average molecular weight is 368 g/mol. The first-order valence-corrected chi connectivity index (χ1v) is 9.44. The molecule has 0 amide bonds.